The standard InChI is InChI=1S/C9H14O2/c1-2-6-4-7(6)5-10-9-8(3-1)11-9/h6-9H,1-5H2. The SMILES string of the molecule is C1CC2CC2COC2OC2C1. The van der Waals surface area contributed by atoms with Crippen LogP contribution in [0.15, 0.2) is 0 Å². The van der Waals surface area contributed by atoms with E-state index in [4.69, 9.17) is 9.47 Å². The molecule has 2 saturated heterocycles. The minimum Gasteiger partial charge on any atom is -0.350 e. The molecule has 3 rings (SSSR count). The highest BCUT2D eigenvalue weighted by molar-refractivity contribution is 4.89. The van der Waals surface area contributed by atoms with Gasteiger partial charge in [-0.3, -0.25) is 0 Å². The van der Waals surface area contributed by atoms with Crippen LogP contribution in [0.5, 0.6) is 0 Å². The number of rotatable bonds is 0. The molecule has 0 N–H and O–H groups in total. The maximum atomic E-state index is 5.57. The Morgan fingerprint density at radius 2 is 2.09 bits per heavy atom. The van der Waals surface area contributed by atoms with E-state index in [2.05, 4.69) is 0 Å². The van der Waals surface area contributed by atoms with Crippen LogP contribution < -0.4 is 0 Å². The normalized spacial score (nSPS) is 54.5. The Bertz CT molecular complexity index is 151. The quantitative estimate of drug-likeness (QED) is 0.494. The zero-order valence-electron chi connectivity index (χ0n) is 6.66. The van der Waals surface area contributed by atoms with Gasteiger partial charge in [0.05, 0.1) is 6.61 Å². The van der Waals surface area contributed by atoms with Gasteiger partial charge in [-0.05, 0) is 31.1 Å². The second-order valence-corrected chi connectivity index (χ2v) is 4.06. The smallest absolute Gasteiger partial charge is 0.184 e. The number of hydrogen-bond acceptors (Lipinski definition) is 2. The van der Waals surface area contributed by atoms with Crippen molar-refractivity contribution in [3.63, 3.8) is 0 Å². The number of epoxide rings is 1. The van der Waals surface area contributed by atoms with Crippen molar-refractivity contribution in [3.8, 4) is 0 Å². The summed E-state index contributed by atoms with van der Waals surface area (Å²) in [4.78, 5) is 0. The third kappa shape index (κ3) is 1.18. The number of fused-ring (bicyclic) bond motifs is 2. The first-order chi connectivity index (χ1) is 5.43. The Kier molecular flexibility index (Phi) is 1.29. The van der Waals surface area contributed by atoms with E-state index in [1.165, 1.54) is 25.7 Å². The fraction of sp³-hybridized carbons (Fsp3) is 1.00. The van der Waals surface area contributed by atoms with Crippen LogP contribution in [-0.2, 0) is 9.47 Å². The van der Waals surface area contributed by atoms with Crippen molar-refractivity contribution in [2.24, 2.45) is 11.8 Å². The van der Waals surface area contributed by atoms with E-state index in [1.807, 2.05) is 0 Å². The Balaban J connectivity index is 1.62. The van der Waals surface area contributed by atoms with Gasteiger partial charge in [0.2, 0.25) is 0 Å². The molecule has 1 saturated carbocycles. The van der Waals surface area contributed by atoms with Gasteiger partial charge in [-0.1, -0.05) is 6.42 Å². The minimum atomic E-state index is 0.189. The van der Waals surface area contributed by atoms with E-state index in [1.54, 1.807) is 0 Å². The molecular formula is C9H14O2. The molecule has 4 atom stereocenters. The third-order valence-corrected chi connectivity index (χ3v) is 3.14. The molecule has 0 amide bonds. The predicted molar refractivity (Wildman–Crippen MR) is 40.1 cm³/mol. The summed E-state index contributed by atoms with van der Waals surface area (Å²) >= 11 is 0. The van der Waals surface area contributed by atoms with E-state index in [0.717, 1.165) is 18.4 Å². The van der Waals surface area contributed by atoms with Gasteiger partial charge in [0.15, 0.2) is 6.29 Å². The molecular weight excluding hydrogens is 140 g/mol. The summed E-state index contributed by atoms with van der Waals surface area (Å²) in [7, 11) is 0. The molecule has 3 fully saturated rings. The third-order valence-electron chi connectivity index (χ3n) is 3.14. The summed E-state index contributed by atoms with van der Waals surface area (Å²) in [5.74, 6) is 1.89. The van der Waals surface area contributed by atoms with E-state index >= 15 is 0 Å². The van der Waals surface area contributed by atoms with Crippen LogP contribution in [0.25, 0.3) is 0 Å². The van der Waals surface area contributed by atoms with Gasteiger partial charge in [0.25, 0.3) is 0 Å². The molecule has 3 aliphatic rings. The molecule has 62 valence electrons. The average molecular weight is 154 g/mol. The van der Waals surface area contributed by atoms with Gasteiger partial charge in [0.1, 0.15) is 6.10 Å². The Hall–Kier alpha value is -0.0800. The first-order valence-electron chi connectivity index (χ1n) is 4.70. The predicted octanol–water partition coefficient (Wildman–Crippen LogP) is 1.55. The fourth-order valence-corrected chi connectivity index (χ4v) is 2.15. The van der Waals surface area contributed by atoms with Crippen LogP contribution in [0.3, 0.4) is 0 Å². The second-order valence-electron chi connectivity index (χ2n) is 4.06. The Labute approximate surface area is 66.9 Å². The van der Waals surface area contributed by atoms with Crippen LogP contribution in [0.2, 0.25) is 0 Å². The Morgan fingerprint density at radius 1 is 1.09 bits per heavy atom. The summed E-state index contributed by atoms with van der Waals surface area (Å²) in [5, 5.41) is 0. The fourth-order valence-electron chi connectivity index (χ4n) is 2.15. The average Bonchev–Trinajstić information content (AvgIpc) is 2.85. The number of hydrogen-bond donors (Lipinski definition) is 0. The molecule has 11 heavy (non-hydrogen) atoms. The zero-order chi connectivity index (χ0) is 7.26. The summed E-state index contributed by atoms with van der Waals surface area (Å²) in [5.41, 5.74) is 0. The topological polar surface area (TPSA) is 21.8 Å². The van der Waals surface area contributed by atoms with Gasteiger partial charge >= 0.3 is 0 Å². The molecule has 2 heterocycles. The summed E-state index contributed by atoms with van der Waals surface area (Å²) in [6, 6.07) is 0. The maximum absolute atomic E-state index is 5.57. The van der Waals surface area contributed by atoms with E-state index in [-0.39, 0.29) is 6.29 Å². The van der Waals surface area contributed by atoms with Gasteiger partial charge in [-0.25, -0.2) is 0 Å². The van der Waals surface area contributed by atoms with Crippen molar-refractivity contribution in [3.05, 3.63) is 0 Å². The largest absolute Gasteiger partial charge is 0.350 e. The van der Waals surface area contributed by atoms with Crippen LogP contribution >= 0.6 is 0 Å². The van der Waals surface area contributed by atoms with Crippen molar-refractivity contribution in [2.75, 3.05) is 6.61 Å². The lowest BCUT2D eigenvalue weighted by Gasteiger charge is -1.96. The first kappa shape index (κ1) is 6.44. The molecule has 2 nitrogen and oxygen atoms in total. The number of ether oxygens (including phenoxy) is 2. The molecule has 0 aromatic heterocycles. The van der Waals surface area contributed by atoms with Crippen LogP contribution in [0.4, 0.5) is 0 Å². The van der Waals surface area contributed by atoms with Crippen molar-refractivity contribution in [1.82, 2.24) is 0 Å². The maximum Gasteiger partial charge on any atom is 0.184 e. The lowest BCUT2D eigenvalue weighted by atomic mass is 10.1. The van der Waals surface area contributed by atoms with Gasteiger partial charge in [-0.2, -0.15) is 0 Å². The monoisotopic (exact) mass is 154 g/mol. The summed E-state index contributed by atoms with van der Waals surface area (Å²) in [6.07, 6.45) is 6.07. The molecule has 2 aliphatic heterocycles. The van der Waals surface area contributed by atoms with Crippen LogP contribution in [0.1, 0.15) is 25.7 Å². The van der Waals surface area contributed by atoms with E-state index in [0.29, 0.717) is 6.10 Å². The van der Waals surface area contributed by atoms with Gasteiger partial charge < -0.3 is 9.47 Å². The lowest BCUT2D eigenvalue weighted by Crippen LogP contribution is -2.02. The molecule has 4 unspecified atom stereocenters. The lowest BCUT2D eigenvalue weighted by molar-refractivity contribution is 0.0414. The van der Waals surface area contributed by atoms with Gasteiger partial charge in [-0.15, -0.1) is 0 Å². The van der Waals surface area contributed by atoms with Crippen molar-refractivity contribution in [1.29, 1.82) is 0 Å². The first-order valence-corrected chi connectivity index (χ1v) is 4.70. The molecule has 0 aromatic rings. The highest BCUT2D eigenvalue weighted by Crippen LogP contribution is 2.45. The zero-order valence-corrected chi connectivity index (χ0v) is 6.66. The molecule has 0 aromatic carbocycles. The van der Waals surface area contributed by atoms with Crippen molar-refractivity contribution < 1.29 is 9.47 Å². The van der Waals surface area contributed by atoms with Crippen LogP contribution in [0, 0.1) is 11.8 Å². The van der Waals surface area contributed by atoms with E-state index < -0.39 is 0 Å². The van der Waals surface area contributed by atoms with Gasteiger partial charge in [0, 0.05) is 0 Å². The van der Waals surface area contributed by atoms with Crippen LogP contribution in [-0.4, -0.2) is 19.0 Å². The molecule has 0 radical (unpaired) electrons. The highest BCUT2D eigenvalue weighted by Gasteiger charge is 2.45. The summed E-state index contributed by atoms with van der Waals surface area (Å²) in [6.45, 7) is 0.964. The second kappa shape index (κ2) is 2.20. The molecule has 2 heteroatoms. The Morgan fingerprint density at radius 3 is 3.09 bits per heavy atom. The highest BCUT2D eigenvalue weighted by atomic mass is 16.8. The molecule has 0 bridgehead atoms. The molecule has 1 aliphatic carbocycles. The van der Waals surface area contributed by atoms with Crippen molar-refractivity contribution >= 4 is 0 Å². The van der Waals surface area contributed by atoms with Crippen molar-refractivity contribution in [2.45, 2.75) is 38.1 Å². The molecule has 0 spiro atoms. The van der Waals surface area contributed by atoms with E-state index in [9.17, 15) is 0 Å². The summed E-state index contributed by atoms with van der Waals surface area (Å²) < 4.78 is 10.9. The minimum absolute atomic E-state index is 0.189.